The quantitative estimate of drug-likeness (QED) is 0.170. The number of aromatic nitrogens is 4. The standard InChI is InChI=1S/C61H35F2N5/c62-39-31-37(32-40(63)34-39)51-35-56(67-54-25-13-9-21-45(54)49-29-27-47-43-19-7-11-23-52(43)65(58(47)60(49)67)41-15-3-1-4-16-41)38(36-64)33-57(51)68-55-26-14-10-22-46(55)50-30-28-48-44-20-8-12-24-53(44)66(59(48)61(50)68)42-17-5-2-6-18-42/h1-35H. The second-order valence-corrected chi connectivity index (χ2v) is 17.5. The zero-order valence-electron chi connectivity index (χ0n) is 36.2. The van der Waals surface area contributed by atoms with Crippen LogP contribution in [0.5, 0.6) is 0 Å². The SMILES string of the molecule is N#Cc1cc(-n2c3ccccc3c3ccc4c5ccccc5n(-c5ccccc5)c4c32)c(-c2cc(F)cc(F)c2)cc1-n1c2ccccc2c2ccc3c4ccccc4n(-c4ccccc4)c3c21. The highest BCUT2D eigenvalue weighted by atomic mass is 19.1. The van der Waals surface area contributed by atoms with E-state index in [4.69, 9.17) is 0 Å². The fourth-order valence-corrected chi connectivity index (χ4v) is 11.2. The molecule has 0 saturated heterocycles. The maximum absolute atomic E-state index is 15.8. The minimum atomic E-state index is -0.698. The summed E-state index contributed by atoms with van der Waals surface area (Å²) >= 11 is 0. The number of hydrogen-bond donors (Lipinski definition) is 0. The van der Waals surface area contributed by atoms with Gasteiger partial charge in [-0.2, -0.15) is 5.26 Å². The number of rotatable bonds is 5. The van der Waals surface area contributed by atoms with Crippen molar-refractivity contribution in [1.82, 2.24) is 18.3 Å². The van der Waals surface area contributed by atoms with Crippen LogP contribution in [0.15, 0.2) is 212 Å². The maximum atomic E-state index is 15.8. The molecule has 7 heteroatoms. The Morgan fingerprint density at radius 2 is 0.676 bits per heavy atom. The van der Waals surface area contributed by atoms with Gasteiger partial charge in [0.1, 0.15) is 17.7 Å². The molecule has 0 unspecified atom stereocenters. The van der Waals surface area contributed by atoms with Crippen molar-refractivity contribution in [3.63, 3.8) is 0 Å². The van der Waals surface area contributed by atoms with Crippen LogP contribution in [0, 0.1) is 23.0 Å². The Kier molecular flexibility index (Phi) is 8.05. The van der Waals surface area contributed by atoms with Crippen LogP contribution in [-0.4, -0.2) is 18.3 Å². The number of nitriles is 1. The molecule has 14 aromatic rings. The van der Waals surface area contributed by atoms with Crippen molar-refractivity contribution in [2.45, 2.75) is 0 Å². The third kappa shape index (κ3) is 5.28. The van der Waals surface area contributed by atoms with E-state index < -0.39 is 11.6 Å². The molecule has 0 aliphatic carbocycles. The third-order valence-corrected chi connectivity index (χ3v) is 13.9. The molecule has 0 aliphatic rings. The van der Waals surface area contributed by atoms with Crippen LogP contribution in [0.25, 0.3) is 121 Å². The minimum absolute atomic E-state index is 0.342. The number of halogens is 2. The van der Waals surface area contributed by atoms with Crippen LogP contribution in [0.4, 0.5) is 8.78 Å². The molecule has 0 radical (unpaired) electrons. The van der Waals surface area contributed by atoms with Gasteiger partial charge in [-0.1, -0.05) is 133 Å². The van der Waals surface area contributed by atoms with Gasteiger partial charge in [0.15, 0.2) is 0 Å². The second kappa shape index (κ2) is 14.4. The first-order valence-corrected chi connectivity index (χ1v) is 22.6. The van der Waals surface area contributed by atoms with Gasteiger partial charge in [0, 0.05) is 66.1 Å². The summed E-state index contributed by atoms with van der Waals surface area (Å²) in [5.74, 6) is -1.40. The fourth-order valence-electron chi connectivity index (χ4n) is 11.2. The van der Waals surface area contributed by atoms with Crippen LogP contribution in [0.2, 0.25) is 0 Å². The molecule has 4 aromatic heterocycles. The molecule has 0 aliphatic heterocycles. The average Bonchev–Trinajstić information content (AvgIpc) is 4.11. The van der Waals surface area contributed by atoms with Crippen molar-refractivity contribution < 1.29 is 8.78 Å². The maximum Gasteiger partial charge on any atom is 0.126 e. The van der Waals surface area contributed by atoms with Crippen molar-refractivity contribution in [3.05, 3.63) is 230 Å². The smallest absolute Gasteiger partial charge is 0.126 e. The summed E-state index contributed by atoms with van der Waals surface area (Å²) in [7, 11) is 0. The van der Waals surface area contributed by atoms with E-state index in [0.29, 0.717) is 28.1 Å². The first-order valence-electron chi connectivity index (χ1n) is 22.6. The van der Waals surface area contributed by atoms with E-state index in [1.807, 2.05) is 72.8 Å². The number of nitrogens with zero attached hydrogens (tertiary/aromatic N) is 5. The van der Waals surface area contributed by atoms with Crippen molar-refractivity contribution in [2.75, 3.05) is 0 Å². The van der Waals surface area contributed by atoms with Gasteiger partial charge >= 0.3 is 0 Å². The number of hydrogen-bond acceptors (Lipinski definition) is 1. The Hall–Kier alpha value is -9.25. The van der Waals surface area contributed by atoms with Gasteiger partial charge < -0.3 is 18.3 Å². The highest BCUT2D eigenvalue weighted by molar-refractivity contribution is 6.25. The van der Waals surface area contributed by atoms with Gasteiger partial charge in [-0.25, -0.2) is 8.78 Å². The third-order valence-electron chi connectivity index (χ3n) is 13.9. The summed E-state index contributed by atoms with van der Waals surface area (Å²) in [6.07, 6.45) is 0. The van der Waals surface area contributed by atoms with E-state index in [1.165, 1.54) is 12.1 Å². The molecule has 68 heavy (non-hydrogen) atoms. The minimum Gasteiger partial charge on any atom is -0.307 e. The molecule has 4 heterocycles. The highest BCUT2D eigenvalue weighted by Gasteiger charge is 2.27. The first kappa shape index (κ1) is 38.1. The van der Waals surface area contributed by atoms with Crippen molar-refractivity contribution in [2.24, 2.45) is 0 Å². The molecule has 0 spiro atoms. The van der Waals surface area contributed by atoms with E-state index in [-0.39, 0.29) is 0 Å². The zero-order valence-corrected chi connectivity index (χ0v) is 36.2. The Morgan fingerprint density at radius 3 is 1.09 bits per heavy atom. The topological polar surface area (TPSA) is 43.5 Å². The van der Waals surface area contributed by atoms with Crippen LogP contribution in [0.3, 0.4) is 0 Å². The molecule has 0 N–H and O–H groups in total. The first-order chi connectivity index (χ1) is 33.6. The molecule has 14 rings (SSSR count). The average molecular weight is 876 g/mol. The van der Waals surface area contributed by atoms with Crippen molar-refractivity contribution in [3.8, 4) is 39.9 Å². The lowest BCUT2D eigenvalue weighted by Gasteiger charge is -2.20. The normalized spacial score (nSPS) is 12.0. The lowest BCUT2D eigenvalue weighted by Crippen LogP contribution is -2.05. The van der Waals surface area contributed by atoms with Crippen molar-refractivity contribution in [1.29, 1.82) is 5.26 Å². The highest BCUT2D eigenvalue weighted by Crippen LogP contribution is 2.47. The molecule has 0 atom stereocenters. The van der Waals surface area contributed by atoms with Gasteiger partial charge in [0.25, 0.3) is 0 Å². The molecular weight excluding hydrogens is 841 g/mol. The zero-order chi connectivity index (χ0) is 45.2. The molecule has 318 valence electrons. The monoisotopic (exact) mass is 875 g/mol. The summed E-state index contributed by atoms with van der Waals surface area (Å²) in [5, 5.41) is 19.9. The molecule has 10 aromatic carbocycles. The molecule has 0 bridgehead atoms. The predicted molar refractivity (Wildman–Crippen MR) is 274 cm³/mol. The van der Waals surface area contributed by atoms with E-state index in [1.54, 1.807) is 0 Å². The Balaban J connectivity index is 1.18. The Bertz CT molecular complexity index is 4450. The van der Waals surface area contributed by atoms with Gasteiger partial charge in [-0.3, -0.25) is 0 Å². The molecule has 0 saturated carbocycles. The van der Waals surface area contributed by atoms with Crippen LogP contribution in [-0.2, 0) is 0 Å². The van der Waals surface area contributed by atoms with E-state index in [2.05, 4.69) is 146 Å². The van der Waals surface area contributed by atoms with E-state index in [0.717, 1.165) is 105 Å². The molecular formula is C61H35F2N5. The van der Waals surface area contributed by atoms with Gasteiger partial charge in [0.05, 0.1) is 61.1 Å². The second-order valence-electron chi connectivity index (χ2n) is 17.5. The van der Waals surface area contributed by atoms with Gasteiger partial charge in [-0.05, 0) is 78.4 Å². The number of para-hydroxylation sites is 6. The number of fused-ring (bicyclic) bond motifs is 14. The fraction of sp³-hybridized carbons (Fsp3) is 0. The van der Waals surface area contributed by atoms with Crippen LogP contribution < -0.4 is 0 Å². The lowest BCUT2D eigenvalue weighted by atomic mass is 9.98. The molecule has 0 fully saturated rings. The van der Waals surface area contributed by atoms with E-state index >= 15 is 8.78 Å². The summed E-state index contributed by atoms with van der Waals surface area (Å²) < 4.78 is 40.5. The van der Waals surface area contributed by atoms with E-state index in [9.17, 15) is 5.26 Å². The summed E-state index contributed by atoms with van der Waals surface area (Å²) in [6.45, 7) is 0. The van der Waals surface area contributed by atoms with Crippen LogP contribution in [0.1, 0.15) is 5.56 Å². The summed E-state index contributed by atoms with van der Waals surface area (Å²) in [5.41, 5.74) is 12.1. The largest absolute Gasteiger partial charge is 0.307 e. The Morgan fingerprint density at radius 1 is 0.324 bits per heavy atom. The van der Waals surface area contributed by atoms with Crippen LogP contribution >= 0.6 is 0 Å². The molecule has 5 nitrogen and oxygen atoms in total. The summed E-state index contributed by atoms with van der Waals surface area (Å²) in [6, 6.07) is 73.0. The molecule has 0 amide bonds. The number of benzene rings is 10. The van der Waals surface area contributed by atoms with Crippen molar-refractivity contribution >= 4 is 87.2 Å². The summed E-state index contributed by atoms with van der Waals surface area (Å²) in [4.78, 5) is 0. The van der Waals surface area contributed by atoms with Gasteiger partial charge in [-0.15, -0.1) is 0 Å². The Labute approximate surface area is 387 Å². The lowest BCUT2D eigenvalue weighted by molar-refractivity contribution is 0.584. The predicted octanol–water partition coefficient (Wildman–Crippen LogP) is 15.9. The van der Waals surface area contributed by atoms with Gasteiger partial charge in [0.2, 0.25) is 0 Å².